The zero-order valence-corrected chi connectivity index (χ0v) is 21.7. The Morgan fingerprint density at radius 2 is 1.30 bits per heavy atom. The van der Waals surface area contributed by atoms with Gasteiger partial charge in [-0.1, -0.05) is 78.9 Å². The van der Waals surface area contributed by atoms with Crippen molar-refractivity contribution in [1.82, 2.24) is 20.9 Å². The van der Waals surface area contributed by atoms with E-state index < -0.39 is 36.5 Å². The Hall–Kier alpha value is -5.12. The smallest absolute Gasteiger partial charge is 0.407 e. The Kier molecular flexibility index (Phi) is 9.87. The van der Waals surface area contributed by atoms with Gasteiger partial charge in [-0.05, 0) is 22.8 Å². The third kappa shape index (κ3) is 8.45. The largest absolute Gasteiger partial charge is 0.459 e. The Bertz CT molecular complexity index is 1440. The van der Waals surface area contributed by atoms with Crippen LogP contribution in [0.2, 0.25) is 0 Å². The molecule has 0 radical (unpaired) electrons. The summed E-state index contributed by atoms with van der Waals surface area (Å²) in [7, 11) is 0. The molecule has 0 fully saturated rings. The SMILES string of the molecule is O=C(CNC(=O)OCc1ccccc1)NCC(=O)N[C@@H](Cc1c[nH]c2ccccc12)C(=O)OCc1ccccc1. The number of benzene rings is 3. The first kappa shape index (κ1) is 27.9. The molecule has 4 rings (SSSR count). The molecule has 0 unspecified atom stereocenters. The second kappa shape index (κ2) is 14.1. The van der Waals surface area contributed by atoms with E-state index in [2.05, 4.69) is 20.9 Å². The maximum absolute atomic E-state index is 13.0. The van der Waals surface area contributed by atoms with Crippen LogP contribution in [-0.4, -0.2) is 48.0 Å². The second-order valence-corrected chi connectivity index (χ2v) is 8.97. The van der Waals surface area contributed by atoms with Crippen LogP contribution in [0.25, 0.3) is 10.9 Å². The number of carbonyl (C=O) groups excluding carboxylic acids is 4. The van der Waals surface area contributed by atoms with E-state index in [1.807, 2.05) is 84.9 Å². The van der Waals surface area contributed by atoms with E-state index in [1.165, 1.54) is 0 Å². The molecular formula is C30H30N4O6. The Labute approximate surface area is 231 Å². The fourth-order valence-electron chi connectivity index (χ4n) is 3.96. The molecule has 1 atom stereocenters. The molecular weight excluding hydrogens is 512 g/mol. The average Bonchev–Trinajstić information content (AvgIpc) is 3.40. The molecule has 4 N–H and O–H groups in total. The molecule has 0 saturated heterocycles. The summed E-state index contributed by atoms with van der Waals surface area (Å²) in [5.41, 5.74) is 3.36. The van der Waals surface area contributed by atoms with Gasteiger partial charge in [-0.25, -0.2) is 9.59 Å². The quantitative estimate of drug-likeness (QED) is 0.203. The molecule has 206 valence electrons. The maximum Gasteiger partial charge on any atom is 0.407 e. The fourth-order valence-corrected chi connectivity index (χ4v) is 3.96. The second-order valence-electron chi connectivity index (χ2n) is 8.97. The first-order valence-corrected chi connectivity index (χ1v) is 12.7. The fraction of sp³-hybridized carbons (Fsp3) is 0.200. The standard InChI is InChI=1S/C30H30N4O6/c35-27(17-33-30(38)40-20-22-11-5-2-6-12-22)32-18-28(36)34-26(29(37)39-19-21-9-3-1-4-10-21)15-23-16-31-25-14-8-7-13-24(23)25/h1-14,16,26,31H,15,17-20H2,(H,32,35)(H,33,38)(H,34,36)/t26-/m0/s1. The van der Waals surface area contributed by atoms with Crippen molar-refractivity contribution in [2.75, 3.05) is 13.1 Å². The van der Waals surface area contributed by atoms with Crippen LogP contribution in [0.15, 0.2) is 91.1 Å². The van der Waals surface area contributed by atoms with Gasteiger partial charge >= 0.3 is 12.1 Å². The van der Waals surface area contributed by atoms with Gasteiger partial charge in [0.05, 0.1) is 6.54 Å². The molecule has 0 aliphatic carbocycles. The molecule has 4 aromatic rings. The van der Waals surface area contributed by atoms with Crippen LogP contribution >= 0.6 is 0 Å². The first-order valence-electron chi connectivity index (χ1n) is 12.7. The lowest BCUT2D eigenvalue weighted by molar-refractivity contribution is -0.149. The molecule has 0 aliphatic heterocycles. The van der Waals surface area contributed by atoms with Crippen molar-refractivity contribution in [2.45, 2.75) is 25.7 Å². The van der Waals surface area contributed by atoms with Gasteiger partial charge in [-0.15, -0.1) is 0 Å². The Balaban J connectivity index is 1.28. The number of nitrogens with one attached hydrogen (secondary N) is 4. The van der Waals surface area contributed by atoms with Gasteiger partial charge in [-0.3, -0.25) is 9.59 Å². The zero-order chi connectivity index (χ0) is 28.2. The normalized spacial score (nSPS) is 11.3. The summed E-state index contributed by atoms with van der Waals surface area (Å²) in [6.07, 6.45) is 1.22. The van der Waals surface area contributed by atoms with Crippen LogP contribution < -0.4 is 16.0 Å². The molecule has 3 aromatic carbocycles. The monoisotopic (exact) mass is 542 g/mol. The minimum absolute atomic E-state index is 0.0582. The van der Waals surface area contributed by atoms with Gasteiger partial charge in [0.1, 0.15) is 25.8 Å². The third-order valence-corrected chi connectivity index (χ3v) is 5.99. The molecule has 0 aliphatic rings. The summed E-state index contributed by atoms with van der Waals surface area (Å²) >= 11 is 0. The number of aromatic amines is 1. The summed E-state index contributed by atoms with van der Waals surface area (Å²) in [5.74, 6) is -1.77. The lowest BCUT2D eigenvalue weighted by atomic mass is 10.0. The molecule has 10 nitrogen and oxygen atoms in total. The highest BCUT2D eigenvalue weighted by Crippen LogP contribution is 2.19. The summed E-state index contributed by atoms with van der Waals surface area (Å²) in [6, 6.07) is 25.0. The lowest BCUT2D eigenvalue weighted by Gasteiger charge is -2.18. The van der Waals surface area contributed by atoms with Gasteiger partial charge in [-0.2, -0.15) is 0 Å². The van der Waals surface area contributed by atoms with Crippen molar-refractivity contribution in [2.24, 2.45) is 0 Å². The van der Waals surface area contributed by atoms with Crippen molar-refractivity contribution >= 4 is 34.8 Å². The van der Waals surface area contributed by atoms with Gasteiger partial charge in [0, 0.05) is 23.5 Å². The number of ether oxygens (including phenoxy) is 2. The number of amides is 3. The van der Waals surface area contributed by atoms with Crippen molar-refractivity contribution in [3.05, 3.63) is 108 Å². The minimum atomic E-state index is -0.988. The number of H-pyrrole nitrogens is 1. The van der Waals surface area contributed by atoms with Gasteiger partial charge in [0.25, 0.3) is 0 Å². The summed E-state index contributed by atoms with van der Waals surface area (Å²) < 4.78 is 10.5. The first-order chi connectivity index (χ1) is 19.5. The van der Waals surface area contributed by atoms with E-state index in [9.17, 15) is 19.2 Å². The Morgan fingerprint density at radius 1 is 0.700 bits per heavy atom. The van der Waals surface area contributed by atoms with Gasteiger partial charge in [0.15, 0.2) is 0 Å². The van der Waals surface area contributed by atoms with E-state index >= 15 is 0 Å². The van der Waals surface area contributed by atoms with Crippen molar-refractivity contribution in [3.63, 3.8) is 0 Å². The van der Waals surface area contributed by atoms with Crippen LogP contribution in [-0.2, 0) is 43.5 Å². The van der Waals surface area contributed by atoms with E-state index in [1.54, 1.807) is 6.20 Å². The minimum Gasteiger partial charge on any atom is -0.459 e. The third-order valence-electron chi connectivity index (χ3n) is 5.99. The molecule has 0 saturated carbocycles. The van der Waals surface area contributed by atoms with Crippen LogP contribution in [0.5, 0.6) is 0 Å². The summed E-state index contributed by atoms with van der Waals surface area (Å²) in [4.78, 5) is 52.8. The molecule has 40 heavy (non-hydrogen) atoms. The lowest BCUT2D eigenvalue weighted by Crippen LogP contribution is -2.48. The number of rotatable bonds is 12. The number of alkyl carbamates (subject to hydrolysis) is 1. The number of esters is 1. The van der Waals surface area contributed by atoms with E-state index in [4.69, 9.17) is 9.47 Å². The van der Waals surface area contributed by atoms with Crippen LogP contribution in [0.4, 0.5) is 4.79 Å². The van der Waals surface area contributed by atoms with E-state index in [-0.39, 0.29) is 26.2 Å². The molecule has 1 aromatic heterocycles. The van der Waals surface area contributed by atoms with Crippen molar-refractivity contribution in [1.29, 1.82) is 0 Å². The maximum atomic E-state index is 13.0. The Morgan fingerprint density at radius 3 is 2.00 bits per heavy atom. The van der Waals surface area contributed by atoms with Crippen LogP contribution in [0.1, 0.15) is 16.7 Å². The number of hydrogen-bond acceptors (Lipinski definition) is 6. The highest BCUT2D eigenvalue weighted by atomic mass is 16.5. The number of para-hydroxylation sites is 1. The van der Waals surface area contributed by atoms with Gasteiger partial charge in [0.2, 0.25) is 11.8 Å². The molecule has 0 spiro atoms. The molecule has 1 heterocycles. The van der Waals surface area contributed by atoms with E-state index in [0.29, 0.717) is 0 Å². The molecule has 3 amide bonds. The number of fused-ring (bicyclic) bond motifs is 1. The van der Waals surface area contributed by atoms with Gasteiger partial charge < -0.3 is 30.4 Å². The number of carbonyl (C=O) groups is 4. The summed E-state index contributed by atoms with van der Waals surface area (Å²) in [6.45, 7) is -0.647. The highest BCUT2D eigenvalue weighted by molar-refractivity contribution is 5.90. The summed E-state index contributed by atoms with van der Waals surface area (Å²) in [5, 5.41) is 8.34. The zero-order valence-electron chi connectivity index (χ0n) is 21.7. The van der Waals surface area contributed by atoms with Crippen molar-refractivity contribution < 1.29 is 28.7 Å². The topological polar surface area (TPSA) is 139 Å². The number of hydrogen-bond donors (Lipinski definition) is 4. The van der Waals surface area contributed by atoms with Crippen LogP contribution in [0, 0.1) is 0 Å². The van der Waals surface area contributed by atoms with Crippen LogP contribution in [0.3, 0.4) is 0 Å². The highest BCUT2D eigenvalue weighted by Gasteiger charge is 2.24. The van der Waals surface area contributed by atoms with E-state index in [0.717, 1.165) is 27.6 Å². The van der Waals surface area contributed by atoms with Crippen molar-refractivity contribution in [3.8, 4) is 0 Å². The predicted octanol–water partition coefficient (Wildman–Crippen LogP) is 2.98. The molecule has 0 bridgehead atoms. The predicted molar refractivity (Wildman–Crippen MR) is 148 cm³/mol. The molecule has 10 heteroatoms. The average molecular weight is 543 g/mol. The number of aromatic nitrogens is 1.